The Morgan fingerprint density at radius 2 is 1.07 bits per heavy atom. The van der Waals surface area contributed by atoms with Crippen LogP contribution in [0.1, 0.15) is 61.2 Å². The van der Waals surface area contributed by atoms with E-state index < -0.39 is 56.3 Å². The van der Waals surface area contributed by atoms with E-state index in [4.69, 9.17) is 52.0 Å². The van der Waals surface area contributed by atoms with E-state index in [2.05, 4.69) is 99.6 Å². The van der Waals surface area contributed by atoms with Crippen LogP contribution in [-0.2, 0) is 73.4 Å². The molecule has 0 amide bonds. The molecule has 29 heteroatoms. The third-order valence-corrected chi connectivity index (χ3v) is 16.7. The van der Waals surface area contributed by atoms with Crippen LogP contribution < -0.4 is 28.3 Å². The van der Waals surface area contributed by atoms with Crippen LogP contribution in [0.3, 0.4) is 0 Å². The van der Waals surface area contributed by atoms with Gasteiger partial charge in [-0.05, 0) is 91.7 Å². The number of terminal acetylenes is 1. The van der Waals surface area contributed by atoms with Crippen molar-refractivity contribution in [1.82, 2.24) is 4.57 Å². The van der Waals surface area contributed by atoms with Crippen molar-refractivity contribution in [1.29, 1.82) is 0 Å². The smallest absolute Gasteiger partial charge is 0.185 e. The number of fused-ring (bicyclic) bond motifs is 1. The van der Waals surface area contributed by atoms with E-state index in [1.807, 2.05) is 164 Å². The van der Waals surface area contributed by atoms with Crippen molar-refractivity contribution < 1.29 is 71.8 Å². The molecule has 1 fully saturated rings. The first-order chi connectivity index (χ1) is 52.0. The van der Waals surface area contributed by atoms with Gasteiger partial charge in [-0.15, -0.1) is 6.42 Å². The number of aliphatic hydroxyl groups excluding tert-OH is 2. The predicted molar refractivity (Wildman–Crippen MR) is 429 cm³/mol. The molecule has 0 unspecified atom stereocenters. The molecule has 0 spiro atoms. The van der Waals surface area contributed by atoms with Gasteiger partial charge in [-0.25, -0.2) is 8.78 Å². The van der Waals surface area contributed by atoms with E-state index in [1.165, 1.54) is 29.3 Å². The summed E-state index contributed by atoms with van der Waals surface area (Å²) in [6, 6.07) is 63.0. The molecule has 21 nitrogen and oxygen atoms in total. The first-order valence-corrected chi connectivity index (χ1v) is 35.8. The summed E-state index contributed by atoms with van der Waals surface area (Å²) in [6.45, 7) is 14.4. The summed E-state index contributed by atoms with van der Waals surface area (Å²) in [4.78, 5) is 18.6. The molecule has 1 saturated heterocycles. The number of rotatable bonds is 28. The fourth-order valence-corrected chi connectivity index (χ4v) is 10.5. The molecular formula is C80H90BBr2F4N9O12S+. The van der Waals surface area contributed by atoms with Gasteiger partial charge in [-0.2, -0.15) is 8.78 Å². The molecule has 577 valence electrons. The minimum absolute atomic E-state index is 0.103. The number of aliphatic hydroxyl groups is 2. The van der Waals surface area contributed by atoms with E-state index in [9.17, 15) is 48.0 Å². The van der Waals surface area contributed by atoms with Crippen molar-refractivity contribution in [2.24, 2.45) is 9.72 Å². The molecule has 0 bridgehead atoms. The van der Waals surface area contributed by atoms with E-state index in [0.29, 0.717) is 78.2 Å². The molecular weight excluding hydrogens is 1560 g/mol. The molecule has 1 aromatic heterocycles. The molecule has 109 heavy (non-hydrogen) atoms. The molecule has 3 atom stereocenters. The maximum Gasteiger partial charge on any atom is 0.185 e. The molecule has 10 aromatic rings. The molecule has 1 radical (unpaired) electrons. The van der Waals surface area contributed by atoms with Crippen LogP contribution in [0.4, 0.5) is 57.4 Å². The SMILES string of the molecule is C#CC(C)(C)COCc1ccccc1.CC(C)(COCc1ccccc1)c1cc2cc(N)c(F)cc2n1C[C@@H](O)COCc1ccccc1.Nc1cc(F)c([N+](=O)[O-])cc1Br.Nc1ccc([N+](=O)[O-])c(F)c1.[B]=NS.[NH3+]c1cc(Br)c(NC[C@@H](O)COCc2ccccc2)cc1F.c1ccc(COC[C@H]2CO2)cc1. The zero-order valence-corrected chi connectivity index (χ0v) is 64.8. The molecule has 1 aliphatic heterocycles. The van der Waals surface area contributed by atoms with Gasteiger partial charge >= 0.3 is 36.1 Å². The number of nitro benzene ring substituents is 2. The second-order valence-electron chi connectivity index (χ2n) is 25.7. The number of nitrogens with one attached hydrogen (secondary N) is 1. The zero-order chi connectivity index (χ0) is 79.9. The number of epoxide rings is 1. The number of nitrogens with zero attached hydrogens (tertiary/aromatic N) is 4. The number of nitrogens with two attached hydrogens (primary N) is 3. The van der Waals surface area contributed by atoms with Gasteiger partial charge in [0.15, 0.2) is 11.5 Å². The maximum absolute atomic E-state index is 14.4. The maximum atomic E-state index is 14.4. The van der Waals surface area contributed by atoms with E-state index in [-0.39, 0.29) is 54.6 Å². The molecule has 11 rings (SSSR count). The number of halogens is 6. The second-order valence-corrected chi connectivity index (χ2v) is 27.6. The van der Waals surface area contributed by atoms with Crippen LogP contribution in [0.5, 0.6) is 0 Å². The molecule has 0 aliphatic carbocycles. The van der Waals surface area contributed by atoms with Gasteiger partial charge in [0.2, 0.25) is 11.6 Å². The average Bonchev–Trinajstić information content (AvgIpc) is 1.61. The van der Waals surface area contributed by atoms with Gasteiger partial charge in [0, 0.05) is 91.2 Å². The quantitative estimate of drug-likeness (QED) is 0.00330. The number of aromatic nitrogens is 1. The van der Waals surface area contributed by atoms with Crippen LogP contribution >= 0.6 is 44.7 Å². The van der Waals surface area contributed by atoms with Crippen molar-refractivity contribution in [3.63, 3.8) is 0 Å². The Balaban J connectivity index is 0.000000247. The summed E-state index contributed by atoms with van der Waals surface area (Å²) < 4.78 is 92.1. The van der Waals surface area contributed by atoms with Gasteiger partial charge in [0.1, 0.15) is 11.9 Å². The van der Waals surface area contributed by atoms with Gasteiger partial charge in [-0.3, -0.25) is 20.2 Å². The average molecular weight is 1650 g/mol. The third-order valence-electron chi connectivity index (χ3n) is 15.4. The minimum Gasteiger partial charge on any atom is -0.389 e. The first-order valence-electron chi connectivity index (χ1n) is 33.8. The first kappa shape index (κ1) is 90.2. The summed E-state index contributed by atoms with van der Waals surface area (Å²) in [5.74, 6) is 0.00125. The molecule has 0 saturated carbocycles. The number of hydrogen-bond donors (Lipinski definition) is 8. The van der Waals surface area contributed by atoms with E-state index in [1.54, 1.807) is 12.1 Å². The number of ether oxygens (including phenoxy) is 6. The predicted octanol–water partition coefficient (Wildman–Crippen LogP) is 15.9. The van der Waals surface area contributed by atoms with Crippen LogP contribution in [0, 0.1) is 61.3 Å². The Morgan fingerprint density at radius 3 is 1.53 bits per heavy atom. The third kappa shape index (κ3) is 34.0. The van der Waals surface area contributed by atoms with Crippen molar-refractivity contribution >= 4 is 103 Å². The summed E-state index contributed by atoms with van der Waals surface area (Å²) in [7, 11) is 4.34. The molecule has 12 N–H and O–H groups in total. The van der Waals surface area contributed by atoms with Gasteiger partial charge in [-0.1, -0.05) is 171 Å². The molecule has 2 heterocycles. The Bertz CT molecular complexity index is 4450. The Morgan fingerprint density at radius 1 is 0.624 bits per heavy atom. The topological polar surface area (TPSA) is 320 Å². The molecule has 9 aromatic carbocycles. The van der Waals surface area contributed by atoms with Gasteiger partial charge < -0.3 is 71.5 Å². The monoisotopic (exact) mass is 1650 g/mol. The van der Waals surface area contributed by atoms with Crippen molar-refractivity contribution in [2.75, 3.05) is 68.7 Å². The summed E-state index contributed by atoms with van der Waals surface area (Å²) >= 11 is 9.48. The van der Waals surface area contributed by atoms with Gasteiger partial charge in [0.25, 0.3) is 0 Å². The number of hydrogen-bond acceptors (Lipinski definition) is 18. The zero-order valence-electron chi connectivity index (χ0n) is 60.7. The standard InChI is InChI=1S/C29H33FN2O3.C16H18BrFN2O2.C13H16O.C10H12O2.C6H4BrFN2O2.C6H5FN2O2.BHNS/c1-29(2,20-35-18-22-11-7-4-8-12-22)28-14-23-13-26(31)25(30)15-27(23)32(28)16-24(33)19-34-17-21-9-5-3-6-10-21;17-13-6-15(19)14(18)7-16(13)20-8-12(21)10-22-9-11-4-2-1-3-5-11;1-4-13(2,3)11-14-10-12-8-6-5-7-9-12;1-2-4-9(5-3-1)6-11-7-10-8-12-10;7-3-1-6(10(11)12)4(8)2-5(3)9;7-5-3-4(8)1-2-6(5)9(10)11;1-2-3/h3-15,24,33H,16-20,31H2,1-2H3;1-7,12,20-21H,8-10,19H2;1,5-9H,10-11H2,2-3H3;1-5,10H,6-8H2;1-2H,9H2;1-3H,8H2;3H/p+1/t24-;12-;;10-;;;/m11.0.../s1. The largest absolute Gasteiger partial charge is 0.389 e. The number of nitrogen functional groups attached to an aromatic ring is 3. The summed E-state index contributed by atoms with van der Waals surface area (Å²) in [5.41, 5.74) is 26.7. The Kier molecular flexibility index (Phi) is 39.3. The summed E-state index contributed by atoms with van der Waals surface area (Å²) in [6.07, 6.45) is 4.27. The van der Waals surface area contributed by atoms with Crippen molar-refractivity contribution in [3.05, 3.63) is 298 Å². The fourth-order valence-electron chi connectivity index (χ4n) is 9.63. The number of anilines is 4. The second kappa shape index (κ2) is 47.5. The normalized spacial score (nSPS) is 12.4. The van der Waals surface area contributed by atoms with Crippen molar-refractivity contribution in [3.8, 4) is 12.3 Å². The van der Waals surface area contributed by atoms with E-state index in [0.717, 1.165) is 65.2 Å². The summed E-state index contributed by atoms with van der Waals surface area (Å²) in [5, 5.41) is 44.8. The minimum atomic E-state index is -0.930. The van der Waals surface area contributed by atoms with Gasteiger partial charge in [0.05, 0.1) is 118 Å². The molecule has 1 aliphatic rings. The van der Waals surface area contributed by atoms with Crippen molar-refractivity contribution in [2.45, 2.75) is 91.0 Å². The number of thiol groups is 1. The Hall–Kier alpha value is -9.39. The van der Waals surface area contributed by atoms with Crippen LogP contribution in [0.15, 0.2) is 226 Å². The van der Waals surface area contributed by atoms with Crippen LogP contribution in [0.25, 0.3) is 10.9 Å². The van der Waals surface area contributed by atoms with E-state index >= 15 is 0 Å². The number of benzene rings is 9. The Labute approximate surface area is 655 Å². The number of nitro groups is 2. The van der Waals surface area contributed by atoms with Crippen LogP contribution in [-0.4, -0.2) is 96.8 Å². The fraction of sp³-hybridized carbons (Fsp3) is 0.275. The van der Waals surface area contributed by atoms with Crippen LogP contribution in [0.2, 0.25) is 0 Å². The number of quaternary nitrogens is 1.